The Labute approximate surface area is 208 Å². The fraction of sp³-hybridized carbons (Fsp3) is 0.464. The van der Waals surface area contributed by atoms with Gasteiger partial charge < -0.3 is 15.5 Å². The standard InChI is InChI=1S/C28H38N4O3/c1-20-7-6-8-21(2)26(20)30-24(33)19-31-15-17-32(18-16-31)25(34)13-14-29-27(35)22-9-11-23(12-10-22)28(3,4)5/h6-12H,13-19H2,1-5H3,(H,29,35)(H,30,33). The van der Waals surface area contributed by atoms with Gasteiger partial charge in [-0.1, -0.05) is 51.1 Å². The highest BCUT2D eigenvalue weighted by Crippen LogP contribution is 2.22. The molecule has 0 aliphatic carbocycles. The van der Waals surface area contributed by atoms with Gasteiger partial charge >= 0.3 is 0 Å². The highest BCUT2D eigenvalue weighted by Gasteiger charge is 2.23. The van der Waals surface area contributed by atoms with Gasteiger partial charge in [-0.2, -0.15) is 0 Å². The minimum Gasteiger partial charge on any atom is -0.352 e. The molecule has 0 radical (unpaired) electrons. The summed E-state index contributed by atoms with van der Waals surface area (Å²) in [6, 6.07) is 13.5. The quantitative estimate of drug-likeness (QED) is 0.638. The van der Waals surface area contributed by atoms with E-state index < -0.39 is 0 Å². The number of aryl methyl sites for hydroxylation is 2. The zero-order valence-electron chi connectivity index (χ0n) is 21.6. The van der Waals surface area contributed by atoms with Gasteiger partial charge in [0.2, 0.25) is 11.8 Å². The molecule has 3 amide bonds. The van der Waals surface area contributed by atoms with Crippen LogP contribution in [0.1, 0.15) is 54.2 Å². The summed E-state index contributed by atoms with van der Waals surface area (Å²) in [6.07, 6.45) is 0.263. The number of carbonyl (C=O) groups excluding carboxylic acids is 3. The Morgan fingerprint density at radius 2 is 1.49 bits per heavy atom. The molecular formula is C28H38N4O3. The number of hydrogen-bond acceptors (Lipinski definition) is 4. The van der Waals surface area contributed by atoms with Crippen LogP contribution in [0, 0.1) is 13.8 Å². The first-order valence-electron chi connectivity index (χ1n) is 12.3. The van der Waals surface area contributed by atoms with Crippen molar-refractivity contribution in [1.29, 1.82) is 0 Å². The van der Waals surface area contributed by atoms with Gasteiger partial charge in [0, 0.05) is 50.4 Å². The van der Waals surface area contributed by atoms with Crippen molar-refractivity contribution in [2.24, 2.45) is 0 Å². The Bertz CT molecular complexity index is 1030. The number of anilines is 1. The zero-order chi connectivity index (χ0) is 25.6. The lowest BCUT2D eigenvalue weighted by Gasteiger charge is -2.34. The third kappa shape index (κ3) is 7.39. The summed E-state index contributed by atoms with van der Waals surface area (Å²) in [5, 5.41) is 5.87. The van der Waals surface area contributed by atoms with Gasteiger partial charge in [-0.15, -0.1) is 0 Å². The molecule has 2 aromatic carbocycles. The maximum atomic E-state index is 12.6. The minimum absolute atomic E-state index is 0.0213. The van der Waals surface area contributed by atoms with Crippen LogP contribution >= 0.6 is 0 Å². The first-order chi connectivity index (χ1) is 16.5. The number of nitrogens with zero attached hydrogens (tertiary/aromatic N) is 2. The number of amides is 3. The average Bonchev–Trinajstić information content (AvgIpc) is 2.81. The number of rotatable bonds is 7. The predicted molar refractivity (Wildman–Crippen MR) is 140 cm³/mol. The van der Waals surface area contributed by atoms with E-state index in [9.17, 15) is 14.4 Å². The number of benzene rings is 2. The average molecular weight is 479 g/mol. The molecule has 35 heavy (non-hydrogen) atoms. The van der Waals surface area contributed by atoms with Crippen molar-refractivity contribution in [2.75, 3.05) is 44.6 Å². The number of nitrogens with one attached hydrogen (secondary N) is 2. The zero-order valence-corrected chi connectivity index (χ0v) is 21.6. The molecule has 188 valence electrons. The summed E-state index contributed by atoms with van der Waals surface area (Å²) in [6.45, 7) is 13.4. The van der Waals surface area contributed by atoms with Crippen molar-refractivity contribution in [1.82, 2.24) is 15.1 Å². The number of hydrogen-bond donors (Lipinski definition) is 2. The first kappa shape index (κ1) is 26.4. The maximum absolute atomic E-state index is 12.6. The second-order valence-electron chi connectivity index (χ2n) is 10.3. The number of piperazine rings is 1. The summed E-state index contributed by atoms with van der Waals surface area (Å²) in [5.41, 5.74) is 4.77. The molecule has 0 bridgehead atoms. The van der Waals surface area contributed by atoms with Crippen molar-refractivity contribution in [3.63, 3.8) is 0 Å². The normalized spacial score (nSPS) is 14.5. The lowest BCUT2D eigenvalue weighted by atomic mass is 9.87. The SMILES string of the molecule is Cc1cccc(C)c1NC(=O)CN1CCN(C(=O)CCNC(=O)c2ccc(C(C)(C)C)cc2)CC1. The van der Waals surface area contributed by atoms with Gasteiger partial charge in [0.05, 0.1) is 6.54 Å². The van der Waals surface area contributed by atoms with Crippen LogP contribution in [-0.4, -0.2) is 66.8 Å². The van der Waals surface area contributed by atoms with Crippen molar-refractivity contribution in [3.8, 4) is 0 Å². The van der Waals surface area contributed by atoms with Crippen LogP contribution in [0.25, 0.3) is 0 Å². The first-order valence-corrected chi connectivity index (χ1v) is 12.3. The number of para-hydroxylation sites is 1. The van der Waals surface area contributed by atoms with Gasteiger partial charge in [0.1, 0.15) is 0 Å². The Balaban J connectivity index is 1.38. The van der Waals surface area contributed by atoms with Crippen molar-refractivity contribution < 1.29 is 14.4 Å². The molecule has 0 unspecified atom stereocenters. The van der Waals surface area contributed by atoms with E-state index in [-0.39, 0.29) is 29.6 Å². The van der Waals surface area contributed by atoms with Crippen LogP contribution in [0.2, 0.25) is 0 Å². The lowest BCUT2D eigenvalue weighted by molar-refractivity contribution is -0.132. The second-order valence-corrected chi connectivity index (χ2v) is 10.3. The second kappa shape index (κ2) is 11.5. The number of carbonyl (C=O) groups is 3. The molecule has 1 fully saturated rings. The van der Waals surface area contributed by atoms with Crippen molar-refractivity contribution >= 4 is 23.4 Å². The molecule has 7 nitrogen and oxygen atoms in total. The fourth-order valence-corrected chi connectivity index (χ4v) is 4.21. The molecule has 0 spiro atoms. The predicted octanol–water partition coefficient (Wildman–Crippen LogP) is 3.50. The lowest BCUT2D eigenvalue weighted by Crippen LogP contribution is -2.50. The van der Waals surface area contributed by atoms with Crippen LogP contribution in [0.5, 0.6) is 0 Å². The summed E-state index contributed by atoms with van der Waals surface area (Å²) < 4.78 is 0. The summed E-state index contributed by atoms with van der Waals surface area (Å²) in [7, 11) is 0. The highest BCUT2D eigenvalue weighted by molar-refractivity contribution is 5.94. The summed E-state index contributed by atoms with van der Waals surface area (Å²) in [5.74, 6) is -0.189. The molecule has 1 saturated heterocycles. The van der Waals surface area contributed by atoms with Crippen LogP contribution in [0.3, 0.4) is 0 Å². The Morgan fingerprint density at radius 1 is 0.886 bits per heavy atom. The van der Waals surface area contributed by atoms with Crippen molar-refractivity contribution in [2.45, 2.75) is 46.5 Å². The molecule has 0 aromatic heterocycles. The van der Waals surface area contributed by atoms with E-state index >= 15 is 0 Å². The van der Waals surface area contributed by atoms with E-state index in [1.165, 1.54) is 5.56 Å². The third-order valence-corrected chi connectivity index (χ3v) is 6.48. The maximum Gasteiger partial charge on any atom is 0.251 e. The molecule has 2 N–H and O–H groups in total. The summed E-state index contributed by atoms with van der Waals surface area (Å²) >= 11 is 0. The van der Waals surface area contributed by atoms with Gasteiger partial charge in [0.25, 0.3) is 5.91 Å². The van der Waals surface area contributed by atoms with Crippen molar-refractivity contribution in [3.05, 3.63) is 64.7 Å². The molecule has 2 aromatic rings. The Morgan fingerprint density at radius 3 is 2.06 bits per heavy atom. The van der Waals surface area contributed by atoms with Crippen LogP contribution < -0.4 is 10.6 Å². The van der Waals surface area contributed by atoms with E-state index in [0.717, 1.165) is 16.8 Å². The smallest absolute Gasteiger partial charge is 0.251 e. The van der Waals surface area contributed by atoms with Gasteiger partial charge in [-0.05, 0) is 48.1 Å². The van der Waals surface area contributed by atoms with E-state index in [1.54, 1.807) is 0 Å². The van der Waals surface area contributed by atoms with Gasteiger partial charge in [-0.25, -0.2) is 0 Å². The third-order valence-electron chi connectivity index (χ3n) is 6.48. The summed E-state index contributed by atoms with van der Waals surface area (Å²) in [4.78, 5) is 41.4. The van der Waals surface area contributed by atoms with E-state index in [0.29, 0.717) is 44.8 Å². The molecule has 7 heteroatoms. The van der Waals surface area contributed by atoms with E-state index in [1.807, 2.05) is 61.2 Å². The molecule has 0 atom stereocenters. The monoisotopic (exact) mass is 478 g/mol. The van der Waals surface area contributed by atoms with E-state index in [2.05, 4.69) is 36.3 Å². The Kier molecular flexibility index (Phi) is 8.67. The Hall–Kier alpha value is -3.19. The van der Waals surface area contributed by atoms with Crippen LogP contribution in [0.4, 0.5) is 5.69 Å². The van der Waals surface area contributed by atoms with Crippen LogP contribution in [-0.2, 0) is 15.0 Å². The fourth-order valence-electron chi connectivity index (χ4n) is 4.21. The van der Waals surface area contributed by atoms with E-state index in [4.69, 9.17) is 0 Å². The highest BCUT2D eigenvalue weighted by atomic mass is 16.2. The molecule has 1 heterocycles. The molecule has 0 saturated carbocycles. The van der Waals surface area contributed by atoms with Gasteiger partial charge in [0.15, 0.2) is 0 Å². The molecule has 1 aliphatic rings. The molecule has 1 aliphatic heterocycles. The van der Waals surface area contributed by atoms with Crippen LogP contribution in [0.15, 0.2) is 42.5 Å². The molecular weight excluding hydrogens is 440 g/mol. The minimum atomic E-state index is -0.169. The molecule has 3 rings (SSSR count). The topological polar surface area (TPSA) is 81.8 Å². The largest absolute Gasteiger partial charge is 0.352 e. The van der Waals surface area contributed by atoms with Gasteiger partial charge in [-0.3, -0.25) is 19.3 Å².